The van der Waals surface area contributed by atoms with E-state index in [4.69, 9.17) is 0 Å². The summed E-state index contributed by atoms with van der Waals surface area (Å²) in [5.41, 5.74) is 0. The largest absolute Gasteiger partial charge is 0.366 e. The van der Waals surface area contributed by atoms with E-state index in [0.717, 1.165) is 9.39 Å². The van der Waals surface area contributed by atoms with Crippen molar-refractivity contribution in [3.05, 3.63) is 16.1 Å². The molecule has 0 amide bonds. The molecule has 1 aromatic rings. The summed E-state index contributed by atoms with van der Waals surface area (Å²) in [5.74, 6) is 0.982. The predicted octanol–water partition coefficient (Wildman–Crippen LogP) is 2.05. The Morgan fingerprint density at radius 2 is 2.33 bits per heavy atom. The minimum absolute atomic E-state index is 0.647. The van der Waals surface area contributed by atoms with Crippen LogP contribution in [0.3, 0.4) is 0 Å². The van der Waals surface area contributed by atoms with Crippen LogP contribution in [0.1, 0.15) is 19.3 Å². The topological polar surface area (TPSA) is 37.8 Å². The van der Waals surface area contributed by atoms with Crippen LogP contribution < -0.4 is 5.32 Å². The van der Waals surface area contributed by atoms with Crippen molar-refractivity contribution in [2.24, 2.45) is 0 Å². The third-order valence-corrected chi connectivity index (χ3v) is 2.90. The summed E-state index contributed by atoms with van der Waals surface area (Å²) in [7, 11) is 0. The molecular formula is C8H10IN3. The lowest BCUT2D eigenvalue weighted by Gasteiger charge is -2.27. The minimum atomic E-state index is 0.647. The quantitative estimate of drug-likeness (QED) is 0.839. The molecule has 2 rings (SSSR count). The average Bonchev–Trinajstić information content (AvgIpc) is 2.00. The van der Waals surface area contributed by atoms with Crippen LogP contribution in [-0.4, -0.2) is 16.0 Å². The molecule has 1 fully saturated rings. The van der Waals surface area contributed by atoms with Crippen LogP contribution in [0.4, 0.5) is 5.82 Å². The van der Waals surface area contributed by atoms with Crippen LogP contribution in [0.5, 0.6) is 0 Å². The van der Waals surface area contributed by atoms with Crippen LogP contribution in [0.15, 0.2) is 12.5 Å². The molecule has 0 saturated heterocycles. The van der Waals surface area contributed by atoms with Gasteiger partial charge < -0.3 is 5.32 Å². The molecule has 0 aliphatic heterocycles. The molecule has 0 atom stereocenters. The van der Waals surface area contributed by atoms with Crippen molar-refractivity contribution in [1.29, 1.82) is 0 Å². The van der Waals surface area contributed by atoms with Gasteiger partial charge in [0.1, 0.15) is 12.1 Å². The third kappa shape index (κ3) is 1.68. The first-order chi connectivity index (χ1) is 5.86. The highest BCUT2D eigenvalue weighted by Crippen LogP contribution is 2.23. The van der Waals surface area contributed by atoms with Crippen LogP contribution >= 0.6 is 22.6 Å². The SMILES string of the molecule is Ic1cncnc1NC1CCC1. The molecule has 1 aliphatic rings. The van der Waals surface area contributed by atoms with Gasteiger partial charge in [0.2, 0.25) is 0 Å². The van der Waals surface area contributed by atoms with Crippen LogP contribution in [0, 0.1) is 3.57 Å². The summed E-state index contributed by atoms with van der Waals surface area (Å²) < 4.78 is 1.10. The molecule has 1 saturated carbocycles. The standard InChI is InChI=1S/C8H10IN3/c9-7-4-10-5-11-8(7)12-6-2-1-3-6/h4-6H,1-3H2,(H,10,11,12). The summed E-state index contributed by atoms with van der Waals surface area (Å²) in [5, 5.41) is 3.39. The zero-order valence-corrected chi connectivity index (χ0v) is 8.78. The molecule has 0 aromatic carbocycles. The minimum Gasteiger partial charge on any atom is -0.366 e. The first-order valence-corrected chi connectivity index (χ1v) is 5.16. The van der Waals surface area contributed by atoms with Gasteiger partial charge in [-0.15, -0.1) is 0 Å². The summed E-state index contributed by atoms with van der Waals surface area (Å²) in [6.07, 6.45) is 7.32. The molecule has 1 aromatic heterocycles. The summed E-state index contributed by atoms with van der Waals surface area (Å²) in [6, 6.07) is 0.647. The van der Waals surface area contributed by atoms with Crippen LogP contribution in [-0.2, 0) is 0 Å². The van der Waals surface area contributed by atoms with Gasteiger partial charge in [0.15, 0.2) is 0 Å². The van der Waals surface area contributed by atoms with Gasteiger partial charge >= 0.3 is 0 Å². The Morgan fingerprint density at radius 3 is 2.92 bits per heavy atom. The van der Waals surface area contributed by atoms with E-state index in [1.54, 1.807) is 6.33 Å². The van der Waals surface area contributed by atoms with Crippen molar-refractivity contribution in [1.82, 2.24) is 9.97 Å². The maximum absolute atomic E-state index is 4.17. The van der Waals surface area contributed by atoms with E-state index in [0.29, 0.717) is 6.04 Å². The lowest BCUT2D eigenvalue weighted by molar-refractivity contribution is 0.444. The maximum Gasteiger partial charge on any atom is 0.143 e. The second-order valence-corrected chi connectivity index (χ2v) is 4.15. The summed E-state index contributed by atoms with van der Waals surface area (Å²) in [6.45, 7) is 0. The fourth-order valence-electron chi connectivity index (χ4n) is 1.16. The number of aromatic nitrogens is 2. The number of rotatable bonds is 2. The molecule has 64 valence electrons. The van der Waals surface area contributed by atoms with Crippen molar-refractivity contribution in [3.63, 3.8) is 0 Å². The van der Waals surface area contributed by atoms with E-state index in [-0.39, 0.29) is 0 Å². The normalized spacial score (nSPS) is 17.1. The Labute approximate surface area is 85.1 Å². The summed E-state index contributed by atoms with van der Waals surface area (Å²) >= 11 is 2.25. The van der Waals surface area contributed by atoms with Crippen molar-refractivity contribution in [2.75, 3.05) is 5.32 Å². The number of halogens is 1. The van der Waals surface area contributed by atoms with E-state index < -0.39 is 0 Å². The average molecular weight is 275 g/mol. The number of anilines is 1. The van der Waals surface area contributed by atoms with E-state index >= 15 is 0 Å². The number of nitrogens with zero attached hydrogens (tertiary/aromatic N) is 2. The van der Waals surface area contributed by atoms with Crippen LogP contribution in [0.2, 0.25) is 0 Å². The molecule has 1 heterocycles. The van der Waals surface area contributed by atoms with E-state index in [1.165, 1.54) is 19.3 Å². The second-order valence-electron chi connectivity index (χ2n) is 2.99. The van der Waals surface area contributed by atoms with Gasteiger partial charge in [0, 0.05) is 12.2 Å². The van der Waals surface area contributed by atoms with Crippen molar-refractivity contribution >= 4 is 28.4 Å². The highest BCUT2D eigenvalue weighted by atomic mass is 127. The Hall–Kier alpha value is -0.390. The lowest BCUT2D eigenvalue weighted by atomic mass is 9.93. The molecule has 4 heteroatoms. The second kappa shape index (κ2) is 3.55. The lowest BCUT2D eigenvalue weighted by Crippen LogP contribution is -2.27. The predicted molar refractivity (Wildman–Crippen MR) is 56.0 cm³/mol. The van der Waals surface area contributed by atoms with Gasteiger partial charge in [0.05, 0.1) is 3.57 Å². The number of hydrogen-bond donors (Lipinski definition) is 1. The van der Waals surface area contributed by atoms with E-state index in [9.17, 15) is 0 Å². The van der Waals surface area contributed by atoms with Crippen molar-refractivity contribution < 1.29 is 0 Å². The first kappa shape index (κ1) is 8.22. The smallest absolute Gasteiger partial charge is 0.143 e. The maximum atomic E-state index is 4.17. The van der Waals surface area contributed by atoms with Crippen molar-refractivity contribution in [3.8, 4) is 0 Å². The molecule has 1 N–H and O–H groups in total. The monoisotopic (exact) mass is 275 g/mol. The molecule has 12 heavy (non-hydrogen) atoms. The molecule has 0 radical (unpaired) electrons. The first-order valence-electron chi connectivity index (χ1n) is 4.08. The van der Waals surface area contributed by atoms with Gasteiger partial charge in [0.25, 0.3) is 0 Å². The summed E-state index contributed by atoms with van der Waals surface area (Å²) in [4.78, 5) is 8.11. The highest BCUT2D eigenvalue weighted by Gasteiger charge is 2.17. The van der Waals surface area contributed by atoms with E-state index in [2.05, 4.69) is 37.9 Å². The number of nitrogens with one attached hydrogen (secondary N) is 1. The van der Waals surface area contributed by atoms with E-state index in [1.807, 2.05) is 6.20 Å². The zero-order valence-electron chi connectivity index (χ0n) is 6.63. The Morgan fingerprint density at radius 1 is 1.50 bits per heavy atom. The molecule has 0 bridgehead atoms. The van der Waals surface area contributed by atoms with Crippen LogP contribution in [0.25, 0.3) is 0 Å². The Kier molecular flexibility index (Phi) is 2.43. The van der Waals surface area contributed by atoms with Gasteiger partial charge in [-0.1, -0.05) is 0 Å². The molecule has 3 nitrogen and oxygen atoms in total. The molecular weight excluding hydrogens is 265 g/mol. The third-order valence-electron chi connectivity index (χ3n) is 2.11. The zero-order chi connectivity index (χ0) is 8.39. The highest BCUT2D eigenvalue weighted by molar-refractivity contribution is 14.1. The number of hydrogen-bond acceptors (Lipinski definition) is 3. The Bertz CT molecular complexity index is 273. The molecule has 1 aliphatic carbocycles. The fourth-order valence-corrected chi connectivity index (χ4v) is 1.62. The molecule has 0 unspecified atom stereocenters. The Balaban J connectivity index is 2.06. The van der Waals surface area contributed by atoms with Gasteiger partial charge in [-0.2, -0.15) is 0 Å². The van der Waals surface area contributed by atoms with Crippen molar-refractivity contribution in [2.45, 2.75) is 25.3 Å². The van der Waals surface area contributed by atoms with Gasteiger partial charge in [-0.05, 0) is 41.9 Å². The fraction of sp³-hybridized carbons (Fsp3) is 0.500. The molecule has 0 spiro atoms. The van der Waals surface area contributed by atoms with Gasteiger partial charge in [-0.3, -0.25) is 0 Å². The van der Waals surface area contributed by atoms with Gasteiger partial charge in [-0.25, -0.2) is 9.97 Å².